The van der Waals surface area contributed by atoms with Crippen LogP contribution in [0.15, 0.2) is 48.5 Å². The molecule has 0 radical (unpaired) electrons. The van der Waals surface area contributed by atoms with Crippen molar-refractivity contribution in [2.45, 2.75) is 27.2 Å². The summed E-state index contributed by atoms with van der Waals surface area (Å²) >= 11 is 0. The van der Waals surface area contributed by atoms with Gasteiger partial charge in [-0.2, -0.15) is 5.10 Å². The normalized spacial score (nSPS) is 10.6. The van der Waals surface area contributed by atoms with Crippen LogP contribution >= 0.6 is 0 Å². The molecule has 0 saturated carbocycles. The third-order valence-electron chi connectivity index (χ3n) is 4.32. The quantitative estimate of drug-likeness (QED) is 0.480. The van der Waals surface area contributed by atoms with Crippen LogP contribution in [0.2, 0.25) is 0 Å². The smallest absolute Gasteiger partial charge is 0.269 e. The number of nitrogens with one attached hydrogen (secondary N) is 1. The van der Waals surface area contributed by atoms with Gasteiger partial charge in [-0.25, -0.2) is 4.68 Å². The Kier molecular flexibility index (Phi) is 5.92. The molecule has 0 saturated heterocycles. The summed E-state index contributed by atoms with van der Waals surface area (Å²) in [6, 6.07) is 13.6. The van der Waals surface area contributed by atoms with Gasteiger partial charge in [-0.05, 0) is 44.5 Å². The zero-order valence-electron chi connectivity index (χ0n) is 16.5. The minimum absolute atomic E-state index is 0.00763. The van der Waals surface area contributed by atoms with E-state index in [1.54, 1.807) is 29.8 Å². The minimum atomic E-state index is -0.462. The predicted molar refractivity (Wildman–Crippen MR) is 110 cm³/mol. The number of non-ortho nitro benzene ring substituents is 1. The highest BCUT2D eigenvalue weighted by Gasteiger charge is 2.13. The number of nitrogens with zero attached hydrogens (tertiary/aromatic N) is 3. The Morgan fingerprint density at radius 3 is 2.52 bits per heavy atom. The Balaban J connectivity index is 1.64. The van der Waals surface area contributed by atoms with Gasteiger partial charge in [0.15, 0.2) is 0 Å². The van der Waals surface area contributed by atoms with E-state index >= 15 is 0 Å². The molecule has 3 aromatic rings. The first-order chi connectivity index (χ1) is 13.8. The third kappa shape index (κ3) is 4.98. The Hall–Kier alpha value is -3.68. The maximum Gasteiger partial charge on any atom is 0.269 e. The fraction of sp³-hybridized carbons (Fsp3) is 0.238. The van der Waals surface area contributed by atoms with Crippen LogP contribution in [-0.2, 0) is 4.79 Å². The molecule has 0 atom stereocenters. The van der Waals surface area contributed by atoms with Gasteiger partial charge >= 0.3 is 0 Å². The summed E-state index contributed by atoms with van der Waals surface area (Å²) in [5.41, 5.74) is 3.50. The number of hydrogen-bond donors (Lipinski definition) is 1. The van der Waals surface area contributed by atoms with E-state index in [1.807, 2.05) is 32.0 Å². The second kappa shape index (κ2) is 8.55. The third-order valence-corrected chi connectivity index (χ3v) is 4.32. The molecule has 1 heterocycles. The van der Waals surface area contributed by atoms with Gasteiger partial charge < -0.3 is 10.1 Å². The Labute approximate surface area is 168 Å². The molecule has 0 spiro atoms. The molecule has 0 aliphatic carbocycles. The number of aromatic nitrogens is 2. The number of nitro benzene ring substituents is 1. The zero-order valence-corrected chi connectivity index (χ0v) is 16.5. The van der Waals surface area contributed by atoms with Crippen LogP contribution in [0, 0.1) is 30.9 Å². The molecule has 2 aromatic carbocycles. The van der Waals surface area contributed by atoms with Crippen LogP contribution < -0.4 is 10.1 Å². The summed E-state index contributed by atoms with van der Waals surface area (Å²) in [4.78, 5) is 22.7. The lowest BCUT2D eigenvalue weighted by molar-refractivity contribution is -0.384. The topological polar surface area (TPSA) is 99.3 Å². The molecular weight excluding hydrogens is 372 g/mol. The molecule has 8 nitrogen and oxygen atoms in total. The average Bonchev–Trinajstić information content (AvgIpc) is 3.03. The summed E-state index contributed by atoms with van der Waals surface area (Å²) in [6.07, 6.45) is 0.178. The molecule has 0 aliphatic heterocycles. The molecule has 0 bridgehead atoms. The van der Waals surface area contributed by atoms with Crippen LogP contribution in [0.25, 0.3) is 5.69 Å². The van der Waals surface area contributed by atoms with Crippen molar-refractivity contribution < 1.29 is 14.5 Å². The minimum Gasteiger partial charge on any atom is -0.493 e. The fourth-order valence-electron chi connectivity index (χ4n) is 2.92. The van der Waals surface area contributed by atoms with Gasteiger partial charge in [-0.1, -0.05) is 17.7 Å². The molecule has 29 heavy (non-hydrogen) atoms. The maximum atomic E-state index is 12.4. The van der Waals surface area contributed by atoms with Gasteiger partial charge in [0.25, 0.3) is 5.69 Å². The Morgan fingerprint density at radius 1 is 1.14 bits per heavy atom. The van der Waals surface area contributed by atoms with Crippen molar-refractivity contribution in [1.82, 2.24) is 9.78 Å². The van der Waals surface area contributed by atoms with Crippen LogP contribution in [0.5, 0.6) is 5.75 Å². The number of hydrogen-bond acceptors (Lipinski definition) is 5. The second-order valence-corrected chi connectivity index (χ2v) is 6.77. The largest absolute Gasteiger partial charge is 0.493 e. The maximum absolute atomic E-state index is 12.4. The summed E-state index contributed by atoms with van der Waals surface area (Å²) in [5.74, 6) is 1.04. The highest BCUT2D eigenvalue weighted by molar-refractivity contribution is 5.90. The molecule has 8 heteroatoms. The summed E-state index contributed by atoms with van der Waals surface area (Å²) in [7, 11) is 0. The monoisotopic (exact) mass is 394 g/mol. The van der Waals surface area contributed by atoms with Gasteiger partial charge in [0, 0.05) is 18.2 Å². The first kappa shape index (κ1) is 20.1. The lowest BCUT2D eigenvalue weighted by Crippen LogP contribution is -2.17. The number of benzene rings is 2. The van der Waals surface area contributed by atoms with Crippen molar-refractivity contribution in [3.8, 4) is 11.4 Å². The first-order valence-corrected chi connectivity index (χ1v) is 9.15. The number of carbonyl (C=O) groups is 1. The summed E-state index contributed by atoms with van der Waals surface area (Å²) in [5, 5.41) is 18.0. The lowest BCUT2D eigenvalue weighted by Gasteiger charge is -2.11. The lowest BCUT2D eigenvalue weighted by atomic mass is 10.1. The molecule has 1 N–H and O–H groups in total. The number of anilines is 1. The van der Waals surface area contributed by atoms with Crippen LogP contribution in [-0.4, -0.2) is 27.2 Å². The molecule has 1 amide bonds. The number of amides is 1. The van der Waals surface area contributed by atoms with Gasteiger partial charge in [-0.3, -0.25) is 14.9 Å². The molecule has 0 aliphatic rings. The van der Waals surface area contributed by atoms with E-state index in [0.29, 0.717) is 17.2 Å². The van der Waals surface area contributed by atoms with Crippen molar-refractivity contribution in [1.29, 1.82) is 0 Å². The Morgan fingerprint density at radius 2 is 1.86 bits per heavy atom. The van der Waals surface area contributed by atoms with Crippen molar-refractivity contribution in [3.05, 3.63) is 75.5 Å². The molecule has 1 aromatic heterocycles. The highest BCUT2D eigenvalue weighted by Crippen LogP contribution is 2.21. The number of ether oxygens (including phenoxy) is 1. The van der Waals surface area contributed by atoms with E-state index in [2.05, 4.69) is 10.4 Å². The Bertz CT molecular complexity index is 1040. The van der Waals surface area contributed by atoms with E-state index in [1.165, 1.54) is 12.1 Å². The SMILES string of the molecule is Cc1ccc(OCCC(=O)Nc2cc(C)nn2-c2ccc([N+](=O)[O-])cc2)c(C)c1. The predicted octanol–water partition coefficient (Wildman–Crippen LogP) is 4.11. The van der Waals surface area contributed by atoms with E-state index in [-0.39, 0.29) is 24.6 Å². The van der Waals surface area contributed by atoms with E-state index in [9.17, 15) is 14.9 Å². The van der Waals surface area contributed by atoms with Crippen molar-refractivity contribution in [3.63, 3.8) is 0 Å². The van der Waals surface area contributed by atoms with Gasteiger partial charge in [0.2, 0.25) is 5.91 Å². The second-order valence-electron chi connectivity index (χ2n) is 6.77. The number of rotatable bonds is 7. The fourth-order valence-corrected chi connectivity index (χ4v) is 2.92. The molecule has 150 valence electrons. The number of aryl methyl sites for hydroxylation is 3. The van der Waals surface area contributed by atoms with Gasteiger partial charge in [0.05, 0.1) is 29.3 Å². The average molecular weight is 394 g/mol. The van der Waals surface area contributed by atoms with E-state index < -0.39 is 4.92 Å². The standard InChI is InChI=1S/C21H22N4O4/c1-14-4-9-19(15(2)12-14)29-11-10-21(26)22-20-13-16(3)23-24(20)17-5-7-18(8-6-17)25(27)28/h4-9,12-13H,10-11H2,1-3H3,(H,22,26). The van der Waals surface area contributed by atoms with E-state index in [0.717, 1.165) is 16.9 Å². The zero-order chi connectivity index (χ0) is 21.0. The molecule has 3 rings (SSSR count). The molecule has 0 unspecified atom stereocenters. The number of nitro groups is 1. The van der Waals surface area contributed by atoms with Crippen molar-refractivity contribution in [2.75, 3.05) is 11.9 Å². The highest BCUT2D eigenvalue weighted by atomic mass is 16.6. The van der Waals surface area contributed by atoms with Crippen LogP contribution in [0.3, 0.4) is 0 Å². The first-order valence-electron chi connectivity index (χ1n) is 9.15. The number of carbonyl (C=O) groups excluding carboxylic acids is 1. The summed E-state index contributed by atoms with van der Waals surface area (Å²) < 4.78 is 7.25. The summed E-state index contributed by atoms with van der Waals surface area (Å²) in [6.45, 7) is 6.04. The van der Waals surface area contributed by atoms with Gasteiger partial charge in [-0.15, -0.1) is 0 Å². The molecule has 0 fully saturated rings. The van der Waals surface area contributed by atoms with Gasteiger partial charge in [0.1, 0.15) is 11.6 Å². The van der Waals surface area contributed by atoms with Crippen LogP contribution in [0.4, 0.5) is 11.5 Å². The van der Waals surface area contributed by atoms with E-state index in [4.69, 9.17) is 4.74 Å². The van der Waals surface area contributed by atoms with Crippen molar-refractivity contribution >= 4 is 17.4 Å². The van der Waals surface area contributed by atoms with Crippen molar-refractivity contribution in [2.24, 2.45) is 0 Å². The molecular formula is C21H22N4O4. The van der Waals surface area contributed by atoms with Crippen LogP contribution in [0.1, 0.15) is 23.2 Å².